The Morgan fingerprint density at radius 3 is 2.33 bits per heavy atom. The number of carbonyl (C=O) groups excluding carboxylic acids is 1. The highest BCUT2D eigenvalue weighted by Gasteiger charge is 2.26. The van der Waals surface area contributed by atoms with Crippen molar-refractivity contribution in [2.24, 2.45) is 5.92 Å². The summed E-state index contributed by atoms with van der Waals surface area (Å²) in [4.78, 5) is 16.8. The molecule has 3 nitrogen and oxygen atoms in total. The molecule has 1 aromatic carbocycles. The highest BCUT2D eigenvalue weighted by molar-refractivity contribution is 6.30. The number of carbonyl (C=O) groups is 1. The fourth-order valence-corrected chi connectivity index (χ4v) is 2.84. The molecule has 1 amide bonds. The van der Waals surface area contributed by atoms with Crippen LogP contribution in [0.2, 0.25) is 0 Å². The number of benzene rings is 1. The van der Waals surface area contributed by atoms with Crippen molar-refractivity contribution in [1.82, 2.24) is 9.80 Å². The zero-order chi connectivity index (χ0) is 15.2. The van der Waals surface area contributed by atoms with Crippen LogP contribution in [0.5, 0.6) is 0 Å². The van der Waals surface area contributed by atoms with E-state index in [1.54, 1.807) is 0 Å². The molecule has 1 aliphatic rings. The molecule has 116 valence electrons. The van der Waals surface area contributed by atoms with Gasteiger partial charge in [0, 0.05) is 26.2 Å². The van der Waals surface area contributed by atoms with E-state index >= 15 is 0 Å². The summed E-state index contributed by atoms with van der Waals surface area (Å²) in [6.45, 7) is 9.10. The Balaban J connectivity index is 1.83. The second-order valence-corrected chi connectivity index (χ2v) is 6.56. The maximum absolute atomic E-state index is 12.4. The molecule has 0 bridgehead atoms. The third-order valence-electron chi connectivity index (χ3n) is 4.02. The van der Waals surface area contributed by atoms with Gasteiger partial charge in [-0.15, -0.1) is 11.6 Å². The first-order valence-corrected chi connectivity index (χ1v) is 8.21. The molecule has 1 unspecified atom stereocenters. The molecule has 1 aromatic rings. The summed E-state index contributed by atoms with van der Waals surface area (Å²) >= 11 is 6.32. The maximum atomic E-state index is 12.4. The van der Waals surface area contributed by atoms with E-state index < -0.39 is 5.38 Å². The van der Waals surface area contributed by atoms with E-state index in [9.17, 15) is 4.79 Å². The van der Waals surface area contributed by atoms with E-state index in [0.29, 0.717) is 0 Å². The lowest BCUT2D eigenvalue weighted by atomic mass is 10.1. The first kappa shape index (κ1) is 16.3. The lowest BCUT2D eigenvalue weighted by Crippen LogP contribution is -2.49. The van der Waals surface area contributed by atoms with Crippen molar-refractivity contribution in [3.8, 4) is 0 Å². The minimum Gasteiger partial charge on any atom is -0.339 e. The third-order valence-corrected chi connectivity index (χ3v) is 4.45. The quantitative estimate of drug-likeness (QED) is 0.780. The summed E-state index contributed by atoms with van der Waals surface area (Å²) in [5.74, 6) is 0.765. The monoisotopic (exact) mass is 308 g/mol. The van der Waals surface area contributed by atoms with Crippen LogP contribution in [0.25, 0.3) is 0 Å². The topological polar surface area (TPSA) is 23.6 Å². The Morgan fingerprint density at radius 1 is 1.14 bits per heavy atom. The van der Waals surface area contributed by atoms with Gasteiger partial charge in [0.25, 0.3) is 0 Å². The second kappa shape index (κ2) is 7.81. The van der Waals surface area contributed by atoms with Crippen molar-refractivity contribution >= 4 is 17.5 Å². The molecule has 0 saturated carbocycles. The van der Waals surface area contributed by atoms with Crippen LogP contribution < -0.4 is 0 Å². The molecule has 0 radical (unpaired) electrons. The summed E-state index contributed by atoms with van der Waals surface area (Å²) in [7, 11) is 0. The highest BCUT2D eigenvalue weighted by Crippen LogP contribution is 2.23. The molecule has 4 heteroatoms. The Bertz CT molecular complexity index is 441. The zero-order valence-corrected chi connectivity index (χ0v) is 13.7. The van der Waals surface area contributed by atoms with Crippen molar-refractivity contribution in [3.05, 3.63) is 35.9 Å². The number of rotatable bonds is 5. The minimum absolute atomic E-state index is 0.0337. The number of nitrogens with zero attached hydrogens (tertiary/aromatic N) is 2. The van der Waals surface area contributed by atoms with Gasteiger partial charge >= 0.3 is 0 Å². The summed E-state index contributed by atoms with van der Waals surface area (Å²) in [5.41, 5.74) is 0.881. The lowest BCUT2D eigenvalue weighted by Gasteiger charge is -2.35. The first-order valence-electron chi connectivity index (χ1n) is 7.78. The molecule has 0 spiro atoms. The molecule has 1 saturated heterocycles. The summed E-state index contributed by atoms with van der Waals surface area (Å²) in [6.07, 6.45) is 1.22. The number of hydrogen-bond donors (Lipinski definition) is 0. The molecule has 0 aromatic heterocycles. The highest BCUT2D eigenvalue weighted by atomic mass is 35.5. The molecule has 1 fully saturated rings. The number of amides is 1. The van der Waals surface area contributed by atoms with Gasteiger partial charge in [0.1, 0.15) is 5.38 Å². The summed E-state index contributed by atoms with van der Waals surface area (Å²) < 4.78 is 0. The van der Waals surface area contributed by atoms with Crippen molar-refractivity contribution in [2.45, 2.75) is 25.6 Å². The summed E-state index contributed by atoms with van der Waals surface area (Å²) in [5, 5.41) is -0.562. The van der Waals surface area contributed by atoms with Gasteiger partial charge in [-0.3, -0.25) is 9.69 Å². The van der Waals surface area contributed by atoms with E-state index in [1.807, 2.05) is 35.2 Å². The van der Waals surface area contributed by atoms with Gasteiger partial charge in [-0.1, -0.05) is 44.2 Å². The molecular formula is C17H25ClN2O. The van der Waals surface area contributed by atoms with E-state index in [2.05, 4.69) is 18.7 Å². The van der Waals surface area contributed by atoms with Gasteiger partial charge in [-0.05, 0) is 24.4 Å². The smallest absolute Gasteiger partial charge is 0.245 e. The van der Waals surface area contributed by atoms with Gasteiger partial charge in [-0.25, -0.2) is 0 Å². The predicted molar refractivity (Wildman–Crippen MR) is 87.5 cm³/mol. The first-order chi connectivity index (χ1) is 10.1. The molecule has 2 rings (SSSR count). The molecule has 1 atom stereocenters. The van der Waals surface area contributed by atoms with Gasteiger partial charge in [-0.2, -0.15) is 0 Å². The summed E-state index contributed by atoms with van der Waals surface area (Å²) in [6, 6.07) is 9.59. The molecule has 0 N–H and O–H groups in total. The number of hydrogen-bond acceptors (Lipinski definition) is 2. The van der Waals surface area contributed by atoms with E-state index in [-0.39, 0.29) is 5.91 Å². The van der Waals surface area contributed by atoms with Crippen LogP contribution in [0.15, 0.2) is 30.3 Å². The second-order valence-electron chi connectivity index (χ2n) is 6.12. The van der Waals surface area contributed by atoms with Crippen molar-refractivity contribution in [2.75, 3.05) is 32.7 Å². The fourth-order valence-electron chi connectivity index (χ4n) is 2.56. The normalized spacial score (nSPS) is 18.0. The van der Waals surface area contributed by atoms with E-state index in [4.69, 9.17) is 11.6 Å². The molecule has 1 aliphatic heterocycles. The third kappa shape index (κ3) is 4.72. The van der Waals surface area contributed by atoms with Crippen molar-refractivity contribution in [1.29, 1.82) is 0 Å². The van der Waals surface area contributed by atoms with Crippen molar-refractivity contribution < 1.29 is 4.79 Å². The van der Waals surface area contributed by atoms with Gasteiger partial charge in [0.15, 0.2) is 0 Å². The standard InChI is InChI=1S/C17H25ClN2O/c1-14(2)8-9-19-10-12-20(13-11-19)17(21)16(18)15-6-4-3-5-7-15/h3-7,14,16H,8-13H2,1-2H3. The van der Waals surface area contributed by atoms with Gasteiger partial charge in [0.2, 0.25) is 5.91 Å². The maximum Gasteiger partial charge on any atom is 0.245 e. The largest absolute Gasteiger partial charge is 0.339 e. The Hall–Kier alpha value is -1.06. The van der Waals surface area contributed by atoms with Crippen LogP contribution in [-0.2, 0) is 4.79 Å². The van der Waals surface area contributed by atoms with Crippen molar-refractivity contribution in [3.63, 3.8) is 0 Å². The molecule has 0 aliphatic carbocycles. The van der Waals surface area contributed by atoms with Crippen LogP contribution >= 0.6 is 11.6 Å². The zero-order valence-electron chi connectivity index (χ0n) is 13.0. The van der Waals surface area contributed by atoms with Gasteiger partial charge in [0.05, 0.1) is 0 Å². The van der Waals surface area contributed by atoms with E-state index in [1.165, 1.54) is 6.42 Å². The molecular weight excluding hydrogens is 284 g/mol. The molecule has 21 heavy (non-hydrogen) atoms. The number of halogens is 1. The van der Waals surface area contributed by atoms with E-state index in [0.717, 1.165) is 44.2 Å². The van der Waals surface area contributed by atoms with Crippen LogP contribution in [0.4, 0.5) is 0 Å². The number of alkyl halides is 1. The predicted octanol–water partition coefficient (Wildman–Crippen LogP) is 3.16. The number of piperazine rings is 1. The lowest BCUT2D eigenvalue weighted by molar-refractivity contribution is -0.132. The average molecular weight is 309 g/mol. The average Bonchev–Trinajstić information content (AvgIpc) is 2.53. The van der Waals surface area contributed by atoms with Crippen LogP contribution in [0.3, 0.4) is 0 Å². The fraction of sp³-hybridized carbons (Fsp3) is 0.588. The Kier molecular flexibility index (Phi) is 6.07. The molecule has 1 heterocycles. The minimum atomic E-state index is -0.562. The Labute approximate surface area is 132 Å². The van der Waals surface area contributed by atoms with Gasteiger partial charge < -0.3 is 4.90 Å². The van der Waals surface area contributed by atoms with Crippen LogP contribution in [-0.4, -0.2) is 48.4 Å². The SMILES string of the molecule is CC(C)CCN1CCN(C(=O)C(Cl)c2ccccc2)CC1. The van der Waals surface area contributed by atoms with Crippen LogP contribution in [0.1, 0.15) is 31.2 Å². The van der Waals surface area contributed by atoms with Crippen LogP contribution in [0, 0.1) is 5.92 Å². The Morgan fingerprint density at radius 2 is 1.76 bits per heavy atom.